The number of ether oxygens (including phenoxy) is 1. The summed E-state index contributed by atoms with van der Waals surface area (Å²) in [7, 11) is -3.50. The standard InChI is InChI=1S/C22H27N3O3S/c1-17-4-6-18(7-5-17)16-25-21-15-19(29(26,27)23-11-13-28-14-12-23)8-9-20(21)24-10-2-3-22(24)25/h4-9,15,22H,2-3,10-14,16H2,1H3/t22-/m0/s1. The average Bonchev–Trinajstić information content (AvgIpc) is 3.32. The Hall–Kier alpha value is -2.09. The molecule has 3 heterocycles. The number of hydrogen-bond donors (Lipinski definition) is 0. The Morgan fingerprint density at radius 3 is 2.52 bits per heavy atom. The molecular weight excluding hydrogens is 386 g/mol. The van der Waals surface area contributed by atoms with Gasteiger partial charge in [-0.05, 0) is 43.5 Å². The third kappa shape index (κ3) is 3.31. The van der Waals surface area contributed by atoms with Gasteiger partial charge in [0, 0.05) is 26.2 Å². The van der Waals surface area contributed by atoms with Crippen molar-refractivity contribution in [1.82, 2.24) is 4.31 Å². The van der Waals surface area contributed by atoms with E-state index in [0.717, 1.165) is 30.9 Å². The molecular formula is C22H27N3O3S. The molecule has 3 aliphatic heterocycles. The molecule has 0 aliphatic carbocycles. The van der Waals surface area contributed by atoms with E-state index < -0.39 is 10.0 Å². The zero-order chi connectivity index (χ0) is 20.0. The van der Waals surface area contributed by atoms with Gasteiger partial charge in [0.05, 0.1) is 29.5 Å². The number of benzene rings is 2. The summed E-state index contributed by atoms with van der Waals surface area (Å²) in [5.74, 6) is 0. The Balaban J connectivity index is 1.50. The second-order valence-electron chi connectivity index (χ2n) is 8.10. The minimum absolute atomic E-state index is 0.313. The van der Waals surface area contributed by atoms with Crippen molar-refractivity contribution in [3.63, 3.8) is 0 Å². The Kier molecular flexibility index (Phi) is 4.76. The van der Waals surface area contributed by atoms with Crippen LogP contribution in [-0.2, 0) is 21.3 Å². The fourth-order valence-electron chi connectivity index (χ4n) is 4.67. The van der Waals surface area contributed by atoms with E-state index in [9.17, 15) is 8.42 Å². The first-order valence-electron chi connectivity index (χ1n) is 10.3. The maximum atomic E-state index is 13.2. The molecule has 5 rings (SSSR count). The lowest BCUT2D eigenvalue weighted by Crippen LogP contribution is -2.40. The molecule has 0 amide bonds. The van der Waals surface area contributed by atoms with E-state index in [4.69, 9.17) is 4.74 Å². The van der Waals surface area contributed by atoms with E-state index in [1.165, 1.54) is 17.5 Å². The lowest BCUT2D eigenvalue weighted by atomic mass is 10.1. The Morgan fingerprint density at radius 1 is 1.00 bits per heavy atom. The third-order valence-electron chi connectivity index (χ3n) is 6.23. The summed E-state index contributed by atoms with van der Waals surface area (Å²) >= 11 is 0. The van der Waals surface area contributed by atoms with Crippen LogP contribution in [0.5, 0.6) is 0 Å². The normalized spacial score (nSPS) is 22.0. The minimum atomic E-state index is -3.50. The number of rotatable bonds is 4. The molecule has 3 aliphatic rings. The highest BCUT2D eigenvalue weighted by Crippen LogP contribution is 2.45. The van der Waals surface area contributed by atoms with Gasteiger partial charge < -0.3 is 14.5 Å². The van der Waals surface area contributed by atoms with Gasteiger partial charge in [0.2, 0.25) is 10.0 Å². The maximum Gasteiger partial charge on any atom is 0.243 e. The molecule has 0 N–H and O–H groups in total. The molecule has 0 saturated carbocycles. The first-order chi connectivity index (χ1) is 14.0. The third-order valence-corrected chi connectivity index (χ3v) is 8.12. The molecule has 0 unspecified atom stereocenters. The monoisotopic (exact) mass is 413 g/mol. The number of morpholine rings is 1. The van der Waals surface area contributed by atoms with Gasteiger partial charge in [-0.1, -0.05) is 29.8 Å². The van der Waals surface area contributed by atoms with Crippen LogP contribution in [0.25, 0.3) is 0 Å². The van der Waals surface area contributed by atoms with E-state index in [2.05, 4.69) is 41.0 Å². The van der Waals surface area contributed by atoms with E-state index in [1.54, 1.807) is 10.4 Å². The van der Waals surface area contributed by atoms with Gasteiger partial charge in [-0.3, -0.25) is 0 Å². The fraction of sp³-hybridized carbons (Fsp3) is 0.455. The van der Waals surface area contributed by atoms with Crippen LogP contribution in [0.1, 0.15) is 24.0 Å². The molecule has 7 heteroatoms. The van der Waals surface area contributed by atoms with Crippen LogP contribution in [0.3, 0.4) is 0 Å². The summed E-state index contributed by atoms with van der Waals surface area (Å²) in [6.45, 7) is 5.66. The van der Waals surface area contributed by atoms with Crippen molar-refractivity contribution in [3.8, 4) is 0 Å². The molecule has 29 heavy (non-hydrogen) atoms. The molecule has 0 aromatic heterocycles. The van der Waals surface area contributed by atoms with E-state index >= 15 is 0 Å². The van der Waals surface area contributed by atoms with Crippen molar-refractivity contribution in [1.29, 1.82) is 0 Å². The maximum absolute atomic E-state index is 13.2. The summed E-state index contributed by atoms with van der Waals surface area (Å²) in [5, 5.41) is 0. The van der Waals surface area contributed by atoms with Crippen molar-refractivity contribution in [3.05, 3.63) is 53.6 Å². The molecule has 154 valence electrons. The first kappa shape index (κ1) is 18.9. The van der Waals surface area contributed by atoms with Gasteiger partial charge in [0.25, 0.3) is 0 Å². The quantitative estimate of drug-likeness (QED) is 0.771. The zero-order valence-corrected chi connectivity index (χ0v) is 17.6. The Morgan fingerprint density at radius 2 is 1.76 bits per heavy atom. The van der Waals surface area contributed by atoms with Crippen molar-refractivity contribution >= 4 is 21.4 Å². The fourth-order valence-corrected chi connectivity index (χ4v) is 6.10. The van der Waals surface area contributed by atoms with Crippen LogP contribution in [0.15, 0.2) is 47.4 Å². The van der Waals surface area contributed by atoms with Gasteiger partial charge in [-0.25, -0.2) is 8.42 Å². The van der Waals surface area contributed by atoms with Crippen molar-refractivity contribution < 1.29 is 13.2 Å². The number of anilines is 2. The first-order valence-corrected chi connectivity index (χ1v) is 11.8. The highest BCUT2D eigenvalue weighted by molar-refractivity contribution is 7.89. The highest BCUT2D eigenvalue weighted by atomic mass is 32.2. The molecule has 0 bridgehead atoms. The van der Waals surface area contributed by atoms with Crippen LogP contribution < -0.4 is 9.80 Å². The molecule has 1 atom stereocenters. The summed E-state index contributed by atoms with van der Waals surface area (Å²) in [4.78, 5) is 5.19. The number of aryl methyl sites for hydroxylation is 1. The highest BCUT2D eigenvalue weighted by Gasteiger charge is 2.40. The summed E-state index contributed by atoms with van der Waals surface area (Å²) < 4.78 is 33.2. The number of hydrogen-bond acceptors (Lipinski definition) is 5. The van der Waals surface area contributed by atoms with Crippen LogP contribution in [0.4, 0.5) is 11.4 Å². The lowest BCUT2D eigenvalue weighted by Gasteiger charge is -2.28. The minimum Gasteiger partial charge on any atom is -0.379 e. The number of fused-ring (bicyclic) bond motifs is 3. The van der Waals surface area contributed by atoms with Gasteiger partial charge in [0.15, 0.2) is 0 Å². The number of sulfonamides is 1. The van der Waals surface area contributed by atoms with Crippen molar-refractivity contribution in [2.75, 3.05) is 42.6 Å². The van der Waals surface area contributed by atoms with Crippen molar-refractivity contribution in [2.24, 2.45) is 0 Å². The van der Waals surface area contributed by atoms with E-state index in [0.29, 0.717) is 37.4 Å². The summed E-state index contributed by atoms with van der Waals surface area (Å²) in [5.41, 5.74) is 4.68. The molecule has 2 aromatic carbocycles. The van der Waals surface area contributed by atoms with E-state index in [-0.39, 0.29) is 0 Å². The predicted octanol–water partition coefficient (Wildman–Crippen LogP) is 2.96. The van der Waals surface area contributed by atoms with Crippen LogP contribution in [0.2, 0.25) is 0 Å². The largest absolute Gasteiger partial charge is 0.379 e. The molecule has 0 spiro atoms. The van der Waals surface area contributed by atoms with Gasteiger partial charge in [-0.15, -0.1) is 0 Å². The number of nitrogens with zero attached hydrogens (tertiary/aromatic N) is 3. The average molecular weight is 414 g/mol. The van der Waals surface area contributed by atoms with Crippen LogP contribution in [0, 0.1) is 6.92 Å². The Labute approximate surface area is 172 Å². The summed E-state index contributed by atoms with van der Waals surface area (Å²) in [6, 6.07) is 14.3. The molecule has 2 saturated heterocycles. The SMILES string of the molecule is Cc1ccc(CN2c3cc(S(=O)(=O)N4CCOCC4)ccc3N3CCC[C@@H]32)cc1. The molecule has 6 nitrogen and oxygen atoms in total. The van der Waals surface area contributed by atoms with Crippen molar-refractivity contribution in [2.45, 2.75) is 37.4 Å². The van der Waals surface area contributed by atoms with Crippen LogP contribution >= 0.6 is 0 Å². The Bertz CT molecular complexity index is 1000. The predicted molar refractivity (Wildman–Crippen MR) is 114 cm³/mol. The molecule has 2 fully saturated rings. The molecule has 0 radical (unpaired) electrons. The lowest BCUT2D eigenvalue weighted by molar-refractivity contribution is 0.0730. The van der Waals surface area contributed by atoms with Gasteiger partial charge in [-0.2, -0.15) is 4.31 Å². The second kappa shape index (κ2) is 7.31. The summed E-state index contributed by atoms with van der Waals surface area (Å²) in [6.07, 6.45) is 2.58. The van der Waals surface area contributed by atoms with Crippen LogP contribution in [-0.4, -0.2) is 51.7 Å². The smallest absolute Gasteiger partial charge is 0.243 e. The topological polar surface area (TPSA) is 53.1 Å². The van der Waals surface area contributed by atoms with Gasteiger partial charge >= 0.3 is 0 Å². The second-order valence-corrected chi connectivity index (χ2v) is 10.0. The zero-order valence-electron chi connectivity index (χ0n) is 16.8. The van der Waals surface area contributed by atoms with E-state index in [1.807, 2.05) is 12.1 Å². The van der Waals surface area contributed by atoms with Gasteiger partial charge in [0.1, 0.15) is 6.17 Å². The molecule has 2 aromatic rings.